The molecule has 3 aromatic heterocycles. The first-order valence-electron chi connectivity index (χ1n) is 8.34. The Balaban J connectivity index is 1.90. The van der Waals surface area contributed by atoms with Crippen molar-refractivity contribution in [3.63, 3.8) is 0 Å². The molecule has 132 valence electrons. The van der Waals surface area contributed by atoms with Gasteiger partial charge in [-0.3, -0.25) is 4.79 Å². The van der Waals surface area contributed by atoms with Crippen LogP contribution in [0, 0.1) is 0 Å². The molecule has 9 heteroatoms. The van der Waals surface area contributed by atoms with Gasteiger partial charge in [-0.05, 0) is 18.9 Å². The minimum absolute atomic E-state index is 0.178. The van der Waals surface area contributed by atoms with Crippen LogP contribution in [0.5, 0.6) is 0 Å². The lowest BCUT2D eigenvalue weighted by Gasteiger charge is -2.19. The molecule has 0 aliphatic heterocycles. The highest BCUT2D eigenvalue weighted by molar-refractivity contribution is 5.92. The Labute approximate surface area is 145 Å². The van der Waals surface area contributed by atoms with E-state index in [1.165, 1.54) is 6.33 Å². The molecule has 3 aromatic rings. The van der Waals surface area contributed by atoms with E-state index in [-0.39, 0.29) is 18.4 Å². The molecule has 0 saturated carbocycles. The van der Waals surface area contributed by atoms with E-state index in [2.05, 4.69) is 25.3 Å². The molecule has 0 aliphatic rings. The molecule has 0 fully saturated rings. The van der Waals surface area contributed by atoms with Crippen molar-refractivity contribution in [3.8, 4) is 0 Å². The summed E-state index contributed by atoms with van der Waals surface area (Å²) >= 11 is 0. The number of rotatable bonds is 6. The zero-order valence-electron chi connectivity index (χ0n) is 14.8. The van der Waals surface area contributed by atoms with Gasteiger partial charge in [0, 0.05) is 13.0 Å². The van der Waals surface area contributed by atoms with Gasteiger partial charge < -0.3 is 9.32 Å². The summed E-state index contributed by atoms with van der Waals surface area (Å²) in [6, 6.07) is 1.77. The first-order chi connectivity index (χ1) is 12.0. The molecule has 0 aromatic carbocycles. The van der Waals surface area contributed by atoms with Gasteiger partial charge in [0.1, 0.15) is 12.0 Å². The van der Waals surface area contributed by atoms with E-state index >= 15 is 0 Å². The van der Waals surface area contributed by atoms with Crippen LogP contribution in [0.4, 0.5) is 0 Å². The van der Waals surface area contributed by atoms with Crippen molar-refractivity contribution in [1.82, 2.24) is 34.7 Å². The lowest BCUT2D eigenvalue weighted by Crippen LogP contribution is -2.31. The predicted octanol–water partition coefficient (Wildman–Crippen LogP) is 1.86. The lowest BCUT2D eigenvalue weighted by atomic mass is 10.1. The Morgan fingerprint density at radius 1 is 1.28 bits per heavy atom. The van der Waals surface area contributed by atoms with Gasteiger partial charge >= 0.3 is 0 Å². The summed E-state index contributed by atoms with van der Waals surface area (Å²) in [5.41, 5.74) is 1.22. The Bertz CT molecular complexity index is 884. The first kappa shape index (κ1) is 17.0. The molecule has 1 amide bonds. The molecule has 25 heavy (non-hydrogen) atoms. The van der Waals surface area contributed by atoms with Gasteiger partial charge in [-0.25, -0.2) is 9.50 Å². The number of aryl methyl sites for hydroxylation is 1. The maximum atomic E-state index is 12.9. The van der Waals surface area contributed by atoms with Crippen molar-refractivity contribution in [1.29, 1.82) is 0 Å². The van der Waals surface area contributed by atoms with Crippen molar-refractivity contribution in [3.05, 3.63) is 35.6 Å². The van der Waals surface area contributed by atoms with Crippen LogP contribution in [0.25, 0.3) is 5.78 Å². The fourth-order valence-electron chi connectivity index (χ4n) is 2.50. The van der Waals surface area contributed by atoms with Crippen LogP contribution in [0.2, 0.25) is 0 Å². The summed E-state index contributed by atoms with van der Waals surface area (Å²) in [6.45, 7) is 8.65. The zero-order chi connectivity index (χ0) is 18.0. The summed E-state index contributed by atoms with van der Waals surface area (Å²) < 4.78 is 7.16. The quantitative estimate of drug-likeness (QED) is 0.673. The fraction of sp³-hybridized carbons (Fsp3) is 0.500. The number of hydrogen-bond acceptors (Lipinski definition) is 7. The molecule has 0 radical (unpaired) electrons. The minimum atomic E-state index is -0.203. The summed E-state index contributed by atoms with van der Waals surface area (Å²) in [5.74, 6) is 1.36. The molecular weight excluding hydrogens is 322 g/mol. The molecule has 0 unspecified atom stereocenters. The summed E-state index contributed by atoms with van der Waals surface area (Å²) in [7, 11) is 0. The van der Waals surface area contributed by atoms with Gasteiger partial charge in [0.15, 0.2) is 0 Å². The van der Waals surface area contributed by atoms with Crippen molar-refractivity contribution in [2.45, 2.75) is 46.6 Å². The molecule has 0 spiro atoms. The van der Waals surface area contributed by atoms with Crippen LogP contribution in [-0.2, 0) is 13.0 Å². The van der Waals surface area contributed by atoms with E-state index in [0.29, 0.717) is 36.2 Å². The number of carbonyl (C=O) groups is 1. The van der Waals surface area contributed by atoms with E-state index in [9.17, 15) is 4.79 Å². The largest absolute Gasteiger partial charge is 0.423 e. The van der Waals surface area contributed by atoms with Crippen LogP contribution in [0.3, 0.4) is 0 Å². The Hall–Kier alpha value is -2.84. The van der Waals surface area contributed by atoms with Crippen molar-refractivity contribution < 1.29 is 9.21 Å². The third-order valence-corrected chi connectivity index (χ3v) is 3.90. The SMILES string of the molecule is CCc1nnc(CN(CC)C(=O)c2cc(C(C)C)n3ncnc3n2)o1. The summed E-state index contributed by atoms with van der Waals surface area (Å²) in [4.78, 5) is 23.0. The number of aromatic nitrogens is 6. The van der Waals surface area contributed by atoms with E-state index in [0.717, 1.165) is 5.69 Å². The van der Waals surface area contributed by atoms with Crippen molar-refractivity contribution in [2.24, 2.45) is 0 Å². The third-order valence-electron chi connectivity index (χ3n) is 3.90. The molecule has 3 heterocycles. The predicted molar refractivity (Wildman–Crippen MR) is 89.0 cm³/mol. The second kappa shape index (κ2) is 6.96. The molecular formula is C16H21N7O2. The van der Waals surface area contributed by atoms with Crippen LogP contribution in [-0.4, -0.2) is 47.1 Å². The molecule has 9 nitrogen and oxygen atoms in total. The Kier molecular flexibility index (Phi) is 4.73. The van der Waals surface area contributed by atoms with Crippen LogP contribution in [0.15, 0.2) is 16.8 Å². The highest BCUT2D eigenvalue weighted by Gasteiger charge is 2.21. The van der Waals surface area contributed by atoms with Crippen LogP contribution < -0.4 is 0 Å². The van der Waals surface area contributed by atoms with E-state index in [1.807, 2.05) is 27.7 Å². The van der Waals surface area contributed by atoms with E-state index in [1.54, 1.807) is 15.5 Å². The summed E-state index contributed by atoms with van der Waals surface area (Å²) in [6.07, 6.45) is 2.10. The molecule has 0 N–H and O–H groups in total. The second-order valence-electron chi connectivity index (χ2n) is 5.96. The number of nitrogens with zero attached hydrogens (tertiary/aromatic N) is 7. The molecule has 3 rings (SSSR count). The summed E-state index contributed by atoms with van der Waals surface area (Å²) in [5, 5.41) is 12.1. The second-order valence-corrected chi connectivity index (χ2v) is 5.96. The van der Waals surface area contributed by atoms with Gasteiger partial charge in [-0.2, -0.15) is 10.1 Å². The lowest BCUT2D eigenvalue weighted by molar-refractivity contribution is 0.0731. The molecule has 0 atom stereocenters. The Morgan fingerprint density at radius 2 is 2.04 bits per heavy atom. The number of carbonyl (C=O) groups excluding carboxylic acids is 1. The minimum Gasteiger partial charge on any atom is -0.423 e. The average molecular weight is 343 g/mol. The maximum Gasteiger partial charge on any atom is 0.273 e. The zero-order valence-corrected chi connectivity index (χ0v) is 14.8. The highest BCUT2D eigenvalue weighted by Crippen LogP contribution is 2.17. The van der Waals surface area contributed by atoms with E-state index in [4.69, 9.17) is 4.42 Å². The van der Waals surface area contributed by atoms with Crippen molar-refractivity contribution in [2.75, 3.05) is 6.54 Å². The Morgan fingerprint density at radius 3 is 2.68 bits per heavy atom. The number of amides is 1. The van der Waals surface area contributed by atoms with Gasteiger partial charge in [0.05, 0.1) is 12.2 Å². The number of fused-ring (bicyclic) bond motifs is 1. The maximum absolute atomic E-state index is 12.9. The van der Waals surface area contributed by atoms with Gasteiger partial charge in [-0.1, -0.05) is 20.8 Å². The van der Waals surface area contributed by atoms with Crippen LogP contribution in [0.1, 0.15) is 61.6 Å². The van der Waals surface area contributed by atoms with Crippen LogP contribution >= 0.6 is 0 Å². The molecule has 0 bridgehead atoms. The number of hydrogen-bond donors (Lipinski definition) is 0. The smallest absolute Gasteiger partial charge is 0.273 e. The highest BCUT2D eigenvalue weighted by atomic mass is 16.4. The molecule has 0 aliphatic carbocycles. The fourth-order valence-corrected chi connectivity index (χ4v) is 2.50. The standard InChI is InChI=1S/C16H21N7O2/c1-5-13-20-21-14(25-13)8-22(6-2)15(24)11-7-12(10(3)4)23-16(19-11)17-9-18-23/h7,9-10H,5-6,8H2,1-4H3. The average Bonchev–Trinajstić information content (AvgIpc) is 3.26. The van der Waals surface area contributed by atoms with Gasteiger partial charge in [-0.15, -0.1) is 10.2 Å². The monoisotopic (exact) mass is 343 g/mol. The normalized spacial score (nSPS) is 11.4. The van der Waals surface area contributed by atoms with Gasteiger partial charge in [0.25, 0.3) is 11.7 Å². The topological polar surface area (TPSA) is 102 Å². The van der Waals surface area contributed by atoms with Crippen molar-refractivity contribution >= 4 is 11.7 Å². The third kappa shape index (κ3) is 3.35. The van der Waals surface area contributed by atoms with E-state index < -0.39 is 0 Å². The first-order valence-corrected chi connectivity index (χ1v) is 8.34. The molecule has 0 saturated heterocycles. The van der Waals surface area contributed by atoms with Gasteiger partial charge in [0.2, 0.25) is 11.8 Å².